The Hall–Kier alpha value is -0.820. The predicted octanol–water partition coefficient (Wildman–Crippen LogP) is 0.450. The van der Waals surface area contributed by atoms with Crippen molar-refractivity contribution < 1.29 is 18.0 Å². The quantitative estimate of drug-likeness (QED) is 0.749. The number of hydrogen-bond acceptors (Lipinski definition) is 3. The van der Waals surface area contributed by atoms with E-state index in [9.17, 15) is 18.0 Å². The number of nitrogens with one attached hydrogen (secondary N) is 2. The average molecular weight is 251 g/mol. The van der Waals surface area contributed by atoms with Crippen molar-refractivity contribution in [1.29, 1.82) is 0 Å². The van der Waals surface area contributed by atoms with E-state index in [1.165, 1.54) is 0 Å². The fourth-order valence-electron chi connectivity index (χ4n) is 2.57. The summed E-state index contributed by atoms with van der Waals surface area (Å²) < 4.78 is 36.7. The van der Waals surface area contributed by atoms with Crippen LogP contribution in [0.4, 0.5) is 13.2 Å². The molecule has 2 rings (SSSR count). The largest absolute Gasteiger partial charge is 0.390 e. The molecule has 2 saturated heterocycles. The number of rotatable bonds is 2. The average Bonchev–Trinajstić information content (AvgIpc) is 2.55. The van der Waals surface area contributed by atoms with Crippen LogP contribution in [0.25, 0.3) is 0 Å². The number of carbonyl (C=O) groups excluding carboxylic acids is 1. The minimum Gasteiger partial charge on any atom is -0.342 e. The molecule has 1 spiro atoms. The van der Waals surface area contributed by atoms with Gasteiger partial charge in [-0.25, -0.2) is 0 Å². The first-order chi connectivity index (χ1) is 7.94. The molecule has 0 aromatic heterocycles. The van der Waals surface area contributed by atoms with Crippen LogP contribution in [-0.2, 0) is 4.79 Å². The lowest BCUT2D eigenvalue weighted by atomic mass is 9.87. The number of carbonyl (C=O) groups is 1. The lowest BCUT2D eigenvalue weighted by Crippen LogP contribution is -2.55. The van der Waals surface area contributed by atoms with Gasteiger partial charge in [0.25, 0.3) is 0 Å². The SMILES string of the molecule is O=C1NCN(CCC(F)(F)F)C12CCNCC2. The van der Waals surface area contributed by atoms with Gasteiger partial charge in [0.1, 0.15) is 5.54 Å². The molecule has 0 aromatic rings. The topological polar surface area (TPSA) is 44.4 Å². The third-order valence-corrected chi connectivity index (χ3v) is 3.55. The van der Waals surface area contributed by atoms with E-state index >= 15 is 0 Å². The van der Waals surface area contributed by atoms with Crippen molar-refractivity contribution in [3.8, 4) is 0 Å². The van der Waals surface area contributed by atoms with E-state index in [4.69, 9.17) is 0 Å². The van der Waals surface area contributed by atoms with Gasteiger partial charge in [-0.2, -0.15) is 13.2 Å². The predicted molar refractivity (Wildman–Crippen MR) is 55.2 cm³/mol. The van der Waals surface area contributed by atoms with Crippen LogP contribution in [0.2, 0.25) is 0 Å². The highest BCUT2D eigenvalue weighted by Crippen LogP contribution is 2.31. The molecule has 0 aliphatic carbocycles. The number of nitrogens with zero attached hydrogens (tertiary/aromatic N) is 1. The van der Waals surface area contributed by atoms with Crippen LogP contribution in [0.15, 0.2) is 0 Å². The van der Waals surface area contributed by atoms with Crippen molar-refractivity contribution in [3.63, 3.8) is 0 Å². The first-order valence-electron chi connectivity index (χ1n) is 5.75. The molecular weight excluding hydrogens is 235 g/mol. The van der Waals surface area contributed by atoms with Crippen LogP contribution in [0.1, 0.15) is 19.3 Å². The van der Waals surface area contributed by atoms with Crippen molar-refractivity contribution >= 4 is 5.91 Å². The van der Waals surface area contributed by atoms with Crippen LogP contribution >= 0.6 is 0 Å². The van der Waals surface area contributed by atoms with Gasteiger partial charge < -0.3 is 10.6 Å². The summed E-state index contributed by atoms with van der Waals surface area (Å²) in [5.41, 5.74) is -0.712. The minimum atomic E-state index is -4.17. The van der Waals surface area contributed by atoms with Gasteiger partial charge in [0.15, 0.2) is 0 Å². The van der Waals surface area contributed by atoms with Crippen molar-refractivity contribution in [1.82, 2.24) is 15.5 Å². The van der Waals surface area contributed by atoms with Gasteiger partial charge >= 0.3 is 6.18 Å². The van der Waals surface area contributed by atoms with E-state index < -0.39 is 18.1 Å². The smallest absolute Gasteiger partial charge is 0.342 e. The normalized spacial score (nSPS) is 25.2. The van der Waals surface area contributed by atoms with Gasteiger partial charge in [-0.1, -0.05) is 0 Å². The van der Waals surface area contributed by atoms with Gasteiger partial charge in [-0.15, -0.1) is 0 Å². The zero-order valence-corrected chi connectivity index (χ0v) is 9.44. The van der Waals surface area contributed by atoms with Gasteiger partial charge in [-0.3, -0.25) is 9.69 Å². The van der Waals surface area contributed by atoms with Crippen molar-refractivity contribution in [2.75, 3.05) is 26.3 Å². The van der Waals surface area contributed by atoms with Crippen LogP contribution in [0.5, 0.6) is 0 Å². The van der Waals surface area contributed by atoms with E-state index in [2.05, 4.69) is 10.6 Å². The molecule has 4 nitrogen and oxygen atoms in total. The van der Waals surface area contributed by atoms with E-state index in [0.717, 1.165) is 0 Å². The zero-order valence-electron chi connectivity index (χ0n) is 9.44. The van der Waals surface area contributed by atoms with E-state index in [0.29, 0.717) is 25.9 Å². The molecule has 17 heavy (non-hydrogen) atoms. The third-order valence-electron chi connectivity index (χ3n) is 3.55. The molecule has 2 aliphatic rings. The zero-order chi connectivity index (χ0) is 12.5. The summed E-state index contributed by atoms with van der Waals surface area (Å²) in [6, 6.07) is 0. The number of alkyl halides is 3. The van der Waals surface area contributed by atoms with E-state index in [1.54, 1.807) is 4.90 Å². The highest BCUT2D eigenvalue weighted by Gasteiger charge is 2.49. The molecule has 2 fully saturated rings. The molecule has 0 bridgehead atoms. The van der Waals surface area contributed by atoms with E-state index in [-0.39, 0.29) is 19.1 Å². The Morgan fingerprint density at radius 3 is 2.53 bits per heavy atom. The van der Waals surface area contributed by atoms with Gasteiger partial charge in [0, 0.05) is 6.54 Å². The Bertz CT molecular complexity index is 300. The molecule has 2 N–H and O–H groups in total. The molecule has 2 aliphatic heterocycles. The number of halogens is 3. The second kappa shape index (κ2) is 4.45. The van der Waals surface area contributed by atoms with Crippen LogP contribution in [-0.4, -0.2) is 48.8 Å². The molecule has 1 amide bonds. The van der Waals surface area contributed by atoms with Gasteiger partial charge in [0.05, 0.1) is 13.1 Å². The summed E-state index contributed by atoms with van der Waals surface area (Å²) in [5.74, 6) is -0.124. The maximum atomic E-state index is 12.2. The second-order valence-electron chi connectivity index (χ2n) is 4.57. The van der Waals surface area contributed by atoms with Crippen LogP contribution in [0, 0.1) is 0 Å². The lowest BCUT2D eigenvalue weighted by Gasteiger charge is -2.38. The van der Waals surface area contributed by atoms with E-state index in [1.807, 2.05) is 0 Å². The Kier molecular flexibility index (Phi) is 3.31. The highest BCUT2D eigenvalue weighted by atomic mass is 19.4. The third kappa shape index (κ3) is 2.55. The molecule has 7 heteroatoms. The molecule has 0 atom stereocenters. The van der Waals surface area contributed by atoms with Crippen LogP contribution < -0.4 is 10.6 Å². The lowest BCUT2D eigenvalue weighted by molar-refractivity contribution is -0.143. The first kappa shape index (κ1) is 12.6. The molecule has 0 saturated carbocycles. The summed E-state index contributed by atoms with van der Waals surface area (Å²) in [5, 5.41) is 5.78. The summed E-state index contributed by atoms with van der Waals surface area (Å²) >= 11 is 0. The summed E-state index contributed by atoms with van der Waals surface area (Å²) in [6.07, 6.45) is -3.87. The molecule has 2 heterocycles. The molecule has 0 radical (unpaired) electrons. The molecule has 98 valence electrons. The van der Waals surface area contributed by atoms with Crippen molar-refractivity contribution in [2.45, 2.75) is 31.0 Å². The Morgan fingerprint density at radius 1 is 1.29 bits per heavy atom. The van der Waals surface area contributed by atoms with Gasteiger partial charge in [0.2, 0.25) is 5.91 Å². The Balaban J connectivity index is 2.03. The fourth-order valence-corrected chi connectivity index (χ4v) is 2.57. The summed E-state index contributed by atoms with van der Waals surface area (Å²) in [7, 11) is 0. The molecule has 0 aromatic carbocycles. The minimum absolute atomic E-state index is 0.109. The number of piperidine rings is 1. The Labute approximate surface area is 97.5 Å². The van der Waals surface area contributed by atoms with Crippen molar-refractivity contribution in [2.24, 2.45) is 0 Å². The maximum absolute atomic E-state index is 12.2. The van der Waals surface area contributed by atoms with Crippen LogP contribution in [0.3, 0.4) is 0 Å². The fraction of sp³-hybridized carbons (Fsp3) is 0.900. The second-order valence-corrected chi connectivity index (χ2v) is 4.57. The number of amides is 1. The molecule has 0 unspecified atom stereocenters. The Morgan fingerprint density at radius 2 is 1.94 bits per heavy atom. The molecular formula is C10H16F3N3O. The number of hydrogen-bond donors (Lipinski definition) is 2. The van der Waals surface area contributed by atoms with Gasteiger partial charge in [-0.05, 0) is 25.9 Å². The monoisotopic (exact) mass is 251 g/mol. The first-order valence-corrected chi connectivity index (χ1v) is 5.75. The standard InChI is InChI=1S/C10H16F3N3O/c11-10(12,13)3-6-16-7-15-8(17)9(16)1-4-14-5-2-9/h14H,1-7H2,(H,15,17). The summed E-state index contributed by atoms with van der Waals surface area (Å²) in [4.78, 5) is 13.5. The maximum Gasteiger partial charge on any atom is 0.390 e. The van der Waals surface area contributed by atoms with Crippen molar-refractivity contribution in [3.05, 3.63) is 0 Å². The summed E-state index contributed by atoms with van der Waals surface area (Å²) in [6.45, 7) is 1.48. The highest BCUT2D eigenvalue weighted by molar-refractivity contribution is 5.88.